The maximum Gasteiger partial charge on any atom is 0.235 e. The summed E-state index contributed by atoms with van der Waals surface area (Å²) < 4.78 is 21.7. The van der Waals surface area contributed by atoms with Crippen LogP contribution in [0.5, 0.6) is 0 Å². The van der Waals surface area contributed by atoms with Crippen molar-refractivity contribution in [2.24, 2.45) is 0 Å². The molecule has 0 aromatic carbocycles. The van der Waals surface area contributed by atoms with E-state index in [0.29, 0.717) is 12.8 Å². The minimum Gasteiger partial charge on any atom is -0.396 e. The zero-order valence-corrected chi connectivity index (χ0v) is 10.2. The number of rotatable bonds is 6. The third kappa shape index (κ3) is 6.46. The molecule has 0 saturated heterocycles. The Kier molecular flexibility index (Phi) is 5.23. The number of carbonyl (C=O) groups is 1. The molecule has 0 aromatic rings. The molecule has 0 aliphatic heterocycles. The van der Waals surface area contributed by atoms with Crippen LogP contribution in [-0.4, -0.2) is 43.6 Å². The van der Waals surface area contributed by atoms with Crippen molar-refractivity contribution in [3.05, 3.63) is 0 Å². The molecule has 0 aromatic heterocycles. The van der Waals surface area contributed by atoms with Crippen molar-refractivity contribution in [1.82, 2.24) is 5.32 Å². The Hall–Kier alpha value is -0.620. The first kappa shape index (κ1) is 14.4. The van der Waals surface area contributed by atoms with Crippen molar-refractivity contribution in [2.45, 2.75) is 32.2 Å². The van der Waals surface area contributed by atoms with Gasteiger partial charge in [-0.1, -0.05) is 6.92 Å². The van der Waals surface area contributed by atoms with Gasteiger partial charge in [0, 0.05) is 18.4 Å². The van der Waals surface area contributed by atoms with Crippen LogP contribution >= 0.6 is 0 Å². The lowest BCUT2D eigenvalue weighted by Gasteiger charge is -2.28. The number of aliphatic hydroxyl groups excluding tert-OH is 1. The monoisotopic (exact) mass is 237 g/mol. The fraction of sp³-hybridized carbons (Fsp3) is 0.889. The number of hydrogen-bond donors (Lipinski definition) is 2. The molecule has 0 radical (unpaired) electrons. The second-order valence-corrected chi connectivity index (χ2v) is 6.15. The molecule has 0 spiro atoms. The van der Waals surface area contributed by atoms with Gasteiger partial charge < -0.3 is 10.4 Å². The van der Waals surface area contributed by atoms with Crippen molar-refractivity contribution >= 4 is 15.7 Å². The molecule has 90 valence electrons. The lowest BCUT2D eigenvalue weighted by molar-refractivity contribution is -0.120. The highest BCUT2D eigenvalue weighted by Crippen LogP contribution is 2.13. The molecular formula is C9H19NO4S. The van der Waals surface area contributed by atoms with Crippen LogP contribution in [0.2, 0.25) is 0 Å². The molecule has 0 aliphatic carbocycles. The van der Waals surface area contributed by atoms with Crippen LogP contribution in [-0.2, 0) is 14.6 Å². The Labute approximate surface area is 90.8 Å². The largest absolute Gasteiger partial charge is 0.396 e. The zero-order chi connectivity index (χ0) is 12.1. The van der Waals surface area contributed by atoms with Gasteiger partial charge in [0.05, 0.1) is 0 Å². The molecule has 2 N–H and O–H groups in total. The van der Waals surface area contributed by atoms with Crippen molar-refractivity contribution in [2.75, 3.05) is 18.6 Å². The second kappa shape index (κ2) is 5.46. The Morgan fingerprint density at radius 1 is 1.47 bits per heavy atom. The number of sulfone groups is 1. The van der Waals surface area contributed by atoms with Gasteiger partial charge >= 0.3 is 0 Å². The van der Waals surface area contributed by atoms with E-state index in [4.69, 9.17) is 5.11 Å². The van der Waals surface area contributed by atoms with Gasteiger partial charge in [0.2, 0.25) is 5.91 Å². The molecular weight excluding hydrogens is 218 g/mol. The summed E-state index contributed by atoms with van der Waals surface area (Å²) in [7, 11) is -3.29. The molecule has 5 nitrogen and oxygen atoms in total. The van der Waals surface area contributed by atoms with E-state index in [1.165, 1.54) is 0 Å². The third-order valence-electron chi connectivity index (χ3n) is 2.28. The van der Waals surface area contributed by atoms with Crippen molar-refractivity contribution < 1.29 is 18.3 Å². The highest BCUT2D eigenvalue weighted by molar-refractivity contribution is 7.91. The second-order valence-electron chi connectivity index (χ2n) is 4.01. The van der Waals surface area contributed by atoms with E-state index >= 15 is 0 Å². The molecule has 0 heterocycles. The van der Waals surface area contributed by atoms with Crippen LogP contribution in [0.25, 0.3) is 0 Å². The Balaban J connectivity index is 4.37. The van der Waals surface area contributed by atoms with E-state index < -0.39 is 27.0 Å². The summed E-state index contributed by atoms with van der Waals surface area (Å²) in [6.07, 6.45) is 2.07. The molecule has 15 heavy (non-hydrogen) atoms. The van der Waals surface area contributed by atoms with Gasteiger partial charge in [-0.25, -0.2) is 8.42 Å². The molecule has 6 heteroatoms. The molecule has 0 fully saturated rings. The Bertz CT molecular complexity index is 312. The summed E-state index contributed by atoms with van der Waals surface area (Å²) in [4.78, 5) is 11.3. The number of carbonyl (C=O) groups excluding carboxylic acids is 1. The highest BCUT2D eigenvalue weighted by Gasteiger charge is 2.24. The average molecular weight is 237 g/mol. The lowest BCUT2D eigenvalue weighted by atomic mass is 9.95. The van der Waals surface area contributed by atoms with Crippen LogP contribution in [0.4, 0.5) is 0 Å². The normalized spacial score (nSPS) is 15.7. The predicted molar refractivity (Wildman–Crippen MR) is 58.3 cm³/mol. The molecule has 0 bridgehead atoms. The molecule has 0 rings (SSSR count). The fourth-order valence-corrected chi connectivity index (χ4v) is 1.73. The number of hydrogen-bond acceptors (Lipinski definition) is 4. The van der Waals surface area contributed by atoms with E-state index in [-0.39, 0.29) is 6.61 Å². The summed E-state index contributed by atoms with van der Waals surface area (Å²) >= 11 is 0. The lowest BCUT2D eigenvalue weighted by Crippen LogP contribution is -2.48. The van der Waals surface area contributed by atoms with E-state index in [2.05, 4.69) is 5.32 Å². The first-order valence-electron chi connectivity index (χ1n) is 4.82. The smallest absolute Gasteiger partial charge is 0.235 e. The average Bonchev–Trinajstić information content (AvgIpc) is 2.00. The first-order chi connectivity index (χ1) is 6.72. The quantitative estimate of drug-likeness (QED) is 0.664. The van der Waals surface area contributed by atoms with E-state index in [9.17, 15) is 13.2 Å². The zero-order valence-electron chi connectivity index (χ0n) is 9.41. The van der Waals surface area contributed by atoms with Crippen molar-refractivity contribution in [3.63, 3.8) is 0 Å². The summed E-state index contributed by atoms with van der Waals surface area (Å²) in [5.41, 5.74) is -0.531. The molecule has 1 amide bonds. The molecule has 1 atom stereocenters. The summed E-state index contributed by atoms with van der Waals surface area (Å²) in [5, 5.41) is 11.4. The van der Waals surface area contributed by atoms with Crippen LogP contribution < -0.4 is 5.32 Å². The highest BCUT2D eigenvalue weighted by atomic mass is 32.2. The standard InChI is InChI=1S/C9H19NO4S/c1-4-9(2,5-6-11)10-8(12)7-15(3,13)14/h11H,4-7H2,1-3H3,(H,10,12). The van der Waals surface area contributed by atoms with Gasteiger partial charge in [-0.3, -0.25) is 4.79 Å². The van der Waals surface area contributed by atoms with Crippen LogP contribution in [0, 0.1) is 0 Å². The molecule has 0 saturated carbocycles. The molecule has 0 aliphatic rings. The summed E-state index contributed by atoms with van der Waals surface area (Å²) in [5.74, 6) is -1.02. The number of amides is 1. The van der Waals surface area contributed by atoms with Crippen molar-refractivity contribution in [1.29, 1.82) is 0 Å². The van der Waals surface area contributed by atoms with Crippen LogP contribution in [0.3, 0.4) is 0 Å². The first-order valence-corrected chi connectivity index (χ1v) is 6.88. The van der Waals surface area contributed by atoms with Crippen LogP contribution in [0.1, 0.15) is 26.7 Å². The maximum absolute atomic E-state index is 11.3. The topological polar surface area (TPSA) is 83.5 Å². The van der Waals surface area contributed by atoms with E-state index in [1.807, 2.05) is 6.92 Å². The van der Waals surface area contributed by atoms with Gasteiger partial charge in [0.1, 0.15) is 5.75 Å². The summed E-state index contributed by atoms with van der Waals surface area (Å²) in [6.45, 7) is 3.61. The maximum atomic E-state index is 11.3. The fourth-order valence-electron chi connectivity index (χ4n) is 1.19. The molecule has 1 unspecified atom stereocenters. The Morgan fingerprint density at radius 2 is 2.00 bits per heavy atom. The summed E-state index contributed by atoms with van der Waals surface area (Å²) in [6, 6.07) is 0. The van der Waals surface area contributed by atoms with Gasteiger partial charge in [0.25, 0.3) is 0 Å². The van der Waals surface area contributed by atoms with Crippen molar-refractivity contribution in [3.8, 4) is 0 Å². The minimum absolute atomic E-state index is 0.0382. The SMILES string of the molecule is CCC(C)(CCO)NC(=O)CS(C)(=O)=O. The number of aliphatic hydroxyl groups is 1. The van der Waals surface area contributed by atoms with Gasteiger partial charge in [-0.05, 0) is 19.8 Å². The third-order valence-corrected chi connectivity index (χ3v) is 3.06. The Morgan fingerprint density at radius 3 is 2.33 bits per heavy atom. The minimum atomic E-state index is -3.29. The predicted octanol–water partition coefficient (Wildman–Crippen LogP) is -0.302. The van der Waals surface area contributed by atoms with Crippen LogP contribution in [0.15, 0.2) is 0 Å². The van der Waals surface area contributed by atoms with E-state index in [0.717, 1.165) is 6.26 Å². The van der Waals surface area contributed by atoms with Gasteiger partial charge in [-0.2, -0.15) is 0 Å². The van der Waals surface area contributed by atoms with E-state index in [1.54, 1.807) is 6.92 Å². The number of nitrogens with one attached hydrogen (secondary N) is 1. The van der Waals surface area contributed by atoms with Gasteiger partial charge in [-0.15, -0.1) is 0 Å². The van der Waals surface area contributed by atoms with Gasteiger partial charge in [0.15, 0.2) is 9.84 Å².